The molecular formula is C17H13NOS. The summed E-state index contributed by atoms with van der Waals surface area (Å²) in [6.07, 6.45) is 5.67. The van der Waals surface area contributed by atoms with Crippen molar-refractivity contribution in [3.05, 3.63) is 64.7 Å². The van der Waals surface area contributed by atoms with Gasteiger partial charge in [0.15, 0.2) is 5.78 Å². The number of hydrogen-bond acceptors (Lipinski definition) is 3. The molecule has 98 valence electrons. The Morgan fingerprint density at radius 2 is 2.00 bits per heavy atom. The van der Waals surface area contributed by atoms with Gasteiger partial charge in [-0.1, -0.05) is 24.3 Å². The summed E-state index contributed by atoms with van der Waals surface area (Å²) < 4.78 is 0. The SMILES string of the molecule is O=C1CCC=C2C1=Cc1ccccc1N2c1cccs1. The first-order valence-corrected chi connectivity index (χ1v) is 7.60. The second kappa shape index (κ2) is 4.46. The van der Waals surface area contributed by atoms with Gasteiger partial charge in [0.25, 0.3) is 0 Å². The van der Waals surface area contributed by atoms with Gasteiger partial charge in [-0.15, -0.1) is 11.3 Å². The van der Waals surface area contributed by atoms with Gasteiger partial charge in [0.1, 0.15) is 0 Å². The highest BCUT2D eigenvalue weighted by Gasteiger charge is 2.30. The van der Waals surface area contributed by atoms with E-state index in [2.05, 4.69) is 34.6 Å². The average molecular weight is 279 g/mol. The Balaban J connectivity index is 1.99. The number of fused-ring (bicyclic) bond motifs is 2. The maximum absolute atomic E-state index is 12.2. The fourth-order valence-electron chi connectivity index (χ4n) is 2.83. The van der Waals surface area contributed by atoms with Crippen molar-refractivity contribution in [2.24, 2.45) is 0 Å². The molecule has 1 aromatic heterocycles. The topological polar surface area (TPSA) is 20.3 Å². The number of nitrogens with zero attached hydrogens (tertiary/aromatic N) is 1. The van der Waals surface area contributed by atoms with E-state index in [0.29, 0.717) is 6.42 Å². The molecule has 0 atom stereocenters. The first-order chi connectivity index (χ1) is 9.84. The zero-order valence-electron chi connectivity index (χ0n) is 10.9. The molecule has 0 unspecified atom stereocenters. The molecule has 0 saturated heterocycles. The molecule has 0 radical (unpaired) electrons. The third-order valence-corrected chi connectivity index (χ3v) is 4.58. The van der Waals surface area contributed by atoms with Gasteiger partial charge in [0.05, 0.1) is 16.4 Å². The summed E-state index contributed by atoms with van der Waals surface area (Å²) in [7, 11) is 0. The van der Waals surface area contributed by atoms with Gasteiger partial charge in [0, 0.05) is 12.0 Å². The number of para-hydroxylation sites is 1. The number of ketones is 1. The van der Waals surface area contributed by atoms with E-state index in [1.54, 1.807) is 11.3 Å². The molecule has 2 aromatic rings. The van der Waals surface area contributed by atoms with E-state index in [-0.39, 0.29) is 5.78 Å². The molecular weight excluding hydrogens is 266 g/mol. The predicted molar refractivity (Wildman–Crippen MR) is 83.2 cm³/mol. The number of carbonyl (C=O) groups is 1. The van der Waals surface area contributed by atoms with E-state index >= 15 is 0 Å². The van der Waals surface area contributed by atoms with Crippen molar-refractivity contribution in [2.75, 3.05) is 4.90 Å². The lowest BCUT2D eigenvalue weighted by atomic mass is 9.90. The van der Waals surface area contributed by atoms with Crippen LogP contribution in [0.4, 0.5) is 10.7 Å². The summed E-state index contributed by atoms with van der Waals surface area (Å²) in [6, 6.07) is 12.4. The smallest absolute Gasteiger partial charge is 0.165 e. The number of rotatable bonds is 1. The van der Waals surface area contributed by atoms with Crippen LogP contribution >= 0.6 is 11.3 Å². The van der Waals surface area contributed by atoms with Crippen LogP contribution in [0.15, 0.2) is 59.1 Å². The van der Waals surface area contributed by atoms with Gasteiger partial charge >= 0.3 is 0 Å². The molecule has 0 spiro atoms. The molecule has 20 heavy (non-hydrogen) atoms. The average Bonchev–Trinajstić information content (AvgIpc) is 2.99. The lowest BCUT2D eigenvalue weighted by Gasteiger charge is -2.34. The van der Waals surface area contributed by atoms with Crippen molar-refractivity contribution in [3.8, 4) is 0 Å². The molecule has 4 rings (SSSR count). The van der Waals surface area contributed by atoms with Crippen molar-refractivity contribution in [1.29, 1.82) is 0 Å². The number of Topliss-reactive ketones (excluding diaryl/α,β-unsaturated/α-hetero) is 1. The Morgan fingerprint density at radius 1 is 1.10 bits per heavy atom. The summed E-state index contributed by atoms with van der Waals surface area (Å²) in [5, 5.41) is 3.23. The van der Waals surface area contributed by atoms with Crippen LogP contribution in [-0.2, 0) is 4.79 Å². The van der Waals surface area contributed by atoms with Crippen LogP contribution < -0.4 is 4.90 Å². The molecule has 3 heteroatoms. The molecule has 0 amide bonds. The summed E-state index contributed by atoms with van der Waals surface area (Å²) in [5.74, 6) is 0.249. The van der Waals surface area contributed by atoms with Crippen molar-refractivity contribution in [2.45, 2.75) is 12.8 Å². The number of carbonyl (C=O) groups excluding carboxylic acids is 1. The summed E-state index contributed by atoms with van der Waals surface area (Å²) in [4.78, 5) is 14.4. The maximum atomic E-state index is 12.2. The Kier molecular flexibility index (Phi) is 2.60. The maximum Gasteiger partial charge on any atom is 0.165 e. The minimum absolute atomic E-state index is 0.249. The quantitative estimate of drug-likeness (QED) is 0.764. The highest BCUT2D eigenvalue weighted by atomic mass is 32.1. The van der Waals surface area contributed by atoms with Crippen molar-refractivity contribution < 1.29 is 4.79 Å². The summed E-state index contributed by atoms with van der Waals surface area (Å²) >= 11 is 1.70. The number of allylic oxidation sites excluding steroid dienone is 2. The minimum atomic E-state index is 0.249. The molecule has 0 bridgehead atoms. The van der Waals surface area contributed by atoms with Crippen molar-refractivity contribution in [1.82, 2.24) is 0 Å². The molecule has 0 fully saturated rings. The van der Waals surface area contributed by atoms with Gasteiger partial charge in [0.2, 0.25) is 0 Å². The van der Waals surface area contributed by atoms with Crippen LogP contribution in [0.25, 0.3) is 6.08 Å². The van der Waals surface area contributed by atoms with Gasteiger partial charge < -0.3 is 4.90 Å². The Labute approximate surface area is 121 Å². The van der Waals surface area contributed by atoms with E-state index in [1.165, 1.54) is 0 Å². The van der Waals surface area contributed by atoms with E-state index in [9.17, 15) is 4.79 Å². The van der Waals surface area contributed by atoms with Crippen molar-refractivity contribution >= 4 is 33.9 Å². The summed E-state index contributed by atoms with van der Waals surface area (Å²) in [5.41, 5.74) is 4.16. The highest BCUT2D eigenvalue weighted by molar-refractivity contribution is 7.14. The molecule has 0 N–H and O–H groups in total. The fourth-order valence-corrected chi connectivity index (χ4v) is 3.58. The lowest BCUT2D eigenvalue weighted by molar-refractivity contribution is -0.115. The normalized spacial score (nSPS) is 17.2. The predicted octanol–water partition coefficient (Wildman–Crippen LogP) is 4.53. The number of benzene rings is 1. The third-order valence-electron chi connectivity index (χ3n) is 3.73. The first kappa shape index (κ1) is 11.7. The number of thiophene rings is 1. The van der Waals surface area contributed by atoms with Crippen LogP contribution in [0, 0.1) is 0 Å². The molecule has 1 aromatic carbocycles. The standard InChI is InChI=1S/C17H13NOS/c19-16-8-3-7-15-13(16)11-12-5-1-2-6-14(12)18(15)17-9-4-10-20-17/h1-2,4-7,9-11H,3,8H2. The minimum Gasteiger partial charge on any atom is -0.301 e. The zero-order chi connectivity index (χ0) is 13.5. The molecule has 2 heterocycles. The highest BCUT2D eigenvalue weighted by Crippen LogP contribution is 2.43. The Hall–Kier alpha value is -2.13. The monoisotopic (exact) mass is 279 g/mol. The Bertz CT molecular complexity index is 740. The molecule has 0 saturated carbocycles. The lowest BCUT2D eigenvalue weighted by Crippen LogP contribution is -2.26. The largest absolute Gasteiger partial charge is 0.301 e. The molecule has 1 aliphatic carbocycles. The van der Waals surface area contributed by atoms with Crippen LogP contribution in [0.2, 0.25) is 0 Å². The molecule has 2 nitrogen and oxygen atoms in total. The van der Waals surface area contributed by atoms with Gasteiger partial charge in [-0.2, -0.15) is 0 Å². The number of hydrogen-bond donors (Lipinski definition) is 0. The Morgan fingerprint density at radius 3 is 2.85 bits per heavy atom. The third kappa shape index (κ3) is 1.67. The van der Waals surface area contributed by atoms with E-state index in [4.69, 9.17) is 0 Å². The van der Waals surface area contributed by atoms with Gasteiger partial charge in [-0.3, -0.25) is 4.79 Å². The van der Waals surface area contributed by atoms with Gasteiger partial charge in [-0.05, 0) is 41.6 Å². The van der Waals surface area contributed by atoms with Crippen molar-refractivity contribution in [3.63, 3.8) is 0 Å². The fraction of sp³-hybridized carbons (Fsp3) is 0.118. The second-order valence-corrected chi connectivity index (χ2v) is 5.88. The van der Waals surface area contributed by atoms with E-state index in [1.807, 2.05) is 24.3 Å². The molecule has 1 aliphatic heterocycles. The van der Waals surface area contributed by atoms with E-state index < -0.39 is 0 Å². The van der Waals surface area contributed by atoms with E-state index in [0.717, 1.165) is 33.9 Å². The van der Waals surface area contributed by atoms with Crippen LogP contribution in [-0.4, -0.2) is 5.78 Å². The number of anilines is 2. The second-order valence-electron chi connectivity index (χ2n) is 4.95. The first-order valence-electron chi connectivity index (χ1n) is 6.73. The van der Waals surface area contributed by atoms with Gasteiger partial charge in [-0.25, -0.2) is 0 Å². The van der Waals surface area contributed by atoms with Crippen LogP contribution in [0.5, 0.6) is 0 Å². The summed E-state index contributed by atoms with van der Waals surface area (Å²) in [6.45, 7) is 0. The molecule has 2 aliphatic rings. The van der Waals surface area contributed by atoms with Crippen LogP contribution in [0.3, 0.4) is 0 Å². The zero-order valence-corrected chi connectivity index (χ0v) is 11.7. The van der Waals surface area contributed by atoms with Crippen LogP contribution in [0.1, 0.15) is 18.4 Å².